The Kier molecular flexibility index (Phi) is 3.53. The average molecular weight is 171 g/mol. The molecule has 0 aliphatic carbocycles. The third-order valence-corrected chi connectivity index (χ3v) is 2.44. The van der Waals surface area contributed by atoms with Gasteiger partial charge in [0.2, 0.25) is 5.91 Å². The van der Waals surface area contributed by atoms with Gasteiger partial charge in [0, 0.05) is 26.2 Å². The summed E-state index contributed by atoms with van der Waals surface area (Å²) in [4.78, 5) is 11.3. The first-order valence-electron chi connectivity index (χ1n) is 4.52. The first-order valence-corrected chi connectivity index (χ1v) is 4.52. The van der Waals surface area contributed by atoms with Gasteiger partial charge >= 0.3 is 0 Å². The van der Waals surface area contributed by atoms with Crippen LogP contribution in [0.4, 0.5) is 0 Å². The van der Waals surface area contributed by atoms with Crippen LogP contribution >= 0.6 is 0 Å². The summed E-state index contributed by atoms with van der Waals surface area (Å²) in [6.45, 7) is 3.59. The maximum Gasteiger partial charge on any atom is 0.223 e. The second kappa shape index (κ2) is 4.45. The molecular formula is C9H17NO2. The van der Waals surface area contributed by atoms with Gasteiger partial charge in [-0.05, 0) is 18.8 Å². The molecule has 1 saturated heterocycles. The number of carbonyl (C=O) groups excluding carboxylic acids is 1. The smallest absolute Gasteiger partial charge is 0.223 e. The van der Waals surface area contributed by atoms with Crippen molar-refractivity contribution in [1.82, 2.24) is 5.32 Å². The van der Waals surface area contributed by atoms with Crippen LogP contribution in [0.5, 0.6) is 0 Å². The lowest BCUT2D eigenvalue weighted by atomic mass is 9.87. The molecule has 0 saturated carbocycles. The molecule has 0 aromatic heterocycles. The second-order valence-corrected chi connectivity index (χ2v) is 3.47. The summed E-state index contributed by atoms with van der Waals surface area (Å²) in [7, 11) is 1.68. The Labute approximate surface area is 73.5 Å². The van der Waals surface area contributed by atoms with Crippen LogP contribution in [-0.4, -0.2) is 26.2 Å². The number of rotatable bonds is 3. The minimum Gasteiger partial charge on any atom is -0.384 e. The molecule has 2 unspecified atom stereocenters. The number of ether oxygens (including phenoxy) is 1. The van der Waals surface area contributed by atoms with Crippen LogP contribution in [0.15, 0.2) is 0 Å². The van der Waals surface area contributed by atoms with Gasteiger partial charge in [0.25, 0.3) is 0 Å². The molecule has 1 rings (SSSR count). The Balaban J connectivity index is 2.42. The zero-order valence-electron chi connectivity index (χ0n) is 7.80. The molecule has 1 fully saturated rings. The molecule has 0 aromatic carbocycles. The number of methoxy groups -OCH3 is 1. The summed E-state index contributed by atoms with van der Waals surface area (Å²) >= 11 is 0. The molecule has 2 atom stereocenters. The van der Waals surface area contributed by atoms with E-state index in [0.717, 1.165) is 19.4 Å². The fourth-order valence-corrected chi connectivity index (χ4v) is 1.72. The van der Waals surface area contributed by atoms with E-state index < -0.39 is 0 Å². The largest absolute Gasteiger partial charge is 0.384 e. The molecular weight excluding hydrogens is 154 g/mol. The molecule has 0 radical (unpaired) electrons. The molecule has 0 spiro atoms. The van der Waals surface area contributed by atoms with Gasteiger partial charge < -0.3 is 10.1 Å². The number of hydrogen-bond donors (Lipinski definition) is 1. The first-order chi connectivity index (χ1) is 5.75. The van der Waals surface area contributed by atoms with E-state index in [2.05, 4.69) is 12.2 Å². The molecule has 1 N–H and O–H groups in total. The van der Waals surface area contributed by atoms with Gasteiger partial charge in [-0.2, -0.15) is 0 Å². The van der Waals surface area contributed by atoms with Crippen LogP contribution < -0.4 is 5.32 Å². The van der Waals surface area contributed by atoms with E-state index in [1.165, 1.54) is 0 Å². The third kappa shape index (κ3) is 2.21. The summed E-state index contributed by atoms with van der Waals surface area (Å²) < 4.78 is 5.03. The summed E-state index contributed by atoms with van der Waals surface area (Å²) in [5.74, 6) is 0.708. The van der Waals surface area contributed by atoms with Gasteiger partial charge in [-0.1, -0.05) is 6.92 Å². The monoisotopic (exact) mass is 171 g/mol. The molecule has 1 heterocycles. The van der Waals surface area contributed by atoms with Crippen molar-refractivity contribution in [3.05, 3.63) is 0 Å². The van der Waals surface area contributed by atoms with Gasteiger partial charge in [0.15, 0.2) is 0 Å². The molecule has 1 aliphatic rings. The Morgan fingerprint density at radius 1 is 1.75 bits per heavy atom. The highest BCUT2D eigenvalue weighted by molar-refractivity contribution is 5.79. The van der Waals surface area contributed by atoms with Crippen LogP contribution in [0.25, 0.3) is 0 Å². The van der Waals surface area contributed by atoms with Crippen LogP contribution in [0.2, 0.25) is 0 Å². The zero-order chi connectivity index (χ0) is 8.97. The molecule has 0 bridgehead atoms. The summed E-state index contributed by atoms with van der Waals surface area (Å²) in [6.07, 6.45) is 2.11. The van der Waals surface area contributed by atoms with Gasteiger partial charge in [-0.15, -0.1) is 0 Å². The standard InChI is InChI=1S/C9H17NO2/c1-7(6-12-2)8-4-3-5-10-9(8)11/h7-8H,3-6H2,1-2H3,(H,10,11). The van der Waals surface area contributed by atoms with E-state index in [1.54, 1.807) is 7.11 Å². The quantitative estimate of drug-likeness (QED) is 0.682. The molecule has 70 valence electrons. The van der Waals surface area contributed by atoms with Crippen LogP contribution in [-0.2, 0) is 9.53 Å². The zero-order valence-corrected chi connectivity index (χ0v) is 7.80. The number of carbonyl (C=O) groups is 1. The Morgan fingerprint density at radius 3 is 3.08 bits per heavy atom. The van der Waals surface area contributed by atoms with Crippen molar-refractivity contribution in [2.24, 2.45) is 11.8 Å². The molecule has 12 heavy (non-hydrogen) atoms. The SMILES string of the molecule is COCC(C)C1CCCNC1=O. The maximum atomic E-state index is 11.3. The van der Waals surface area contributed by atoms with Crippen molar-refractivity contribution < 1.29 is 9.53 Å². The first kappa shape index (κ1) is 9.52. The predicted molar refractivity (Wildman–Crippen MR) is 46.8 cm³/mol. The normalized spacial score (nSPS) is 26.5. The number of amides is 1. The topological polar surface area (TPSA) is 38.3 Å². The summed E-state index contributed by atoms with van der Waals surface area (Å²) in [6, 6.07) is 0. The fraction of sp³-hybridized carbons (Fsp3) is 0.889. The van der Waals surface area contributed by atoms with E-state index in [4.69, 9.17) is 4.74 Å². The van der Waals surface area contributed by atoms with Crippen molar-refractivity contribution in [3.63, 3.8) is 0 Å². The van der Waals surface area contributed by atoms with E-state index in [-0.39, 0.29) is 11.8 Å². The molecule has 0 aromatic rings. The summed E-state index contributed by atoms with van der Waals surface area (Å²) in [5, 5.41) is 2.88. The minimum absolute atomic E-state index is 0.165. The highest BCUT2D eigenvalue weighted by Crippen LogP contribution is 2.20. The number of piperidine rings is 1. The van der Waals surface area contributed by atoms with Crippen molar-refractivity contribution in [2.75, 3.05) is 20.3 Å². The Bertz CT molecular complexity index is 159. The average Bonchev–Trinajstić information content (AvgIpc) is 2.05. The minimum atomic E-state index is 0.165. The van der Waals surface area contributed by atoms with E-state index in [1.807, 2.05) is 0 Å². The predicted octanol–water partition coefficient (Wildman–Crippen LogP) is 0.795. The van der Waals surface area contributed by atoms with Crippen molar-refractivity contribution in [2.45, 2.75) is 19.8 Å². The lowest BCUT2D eigenvalue weighted by Gasteiger charge is -2.26. The lowest BCUT2D eigenvalue weighted by molar-refractivity contribution is -0.129. The second-order valence-electron chi connectivity index (χ2n) is 3.47. The van der Waals surface area contributed by atoms with Crippen molar-refractivity contribution in [3.8, 4) is 0 Å². The van der Waals surface area contributed by atoms with E-state index in [9.17, 15) is 4.79 Å². The van der Waals surface area contributed by atoms with Crippen LogP contribution in [0.3, 0.4) is 0 Å². The van der Waals surface area contributed by atoms with E-state index >= 15 is 0 Å². The third-order valence-electron chi connectivity index (χ3n) is 2.44. The van der Waals surface area contributed by atoms with Gasteiger partial charge in [-0.25, -0.2) is 0 Å². The molecule has 3 nitrogen and oxygen atoms in total. The Morgan fingerprint density at radius 2 is 2.50 bits per heavy atom. The Hall–Kier alpha value is -0.570. The van der Waals surface area contributed by atoms with Gasteiger partial charge in [-0.3, -0.25) is 4.79 Å². The van der Waals surface area contributed by atoms with Crippen LogP contribution in [0, 0.1) is 11.8 Å². The fourth-order valence-electron chi connectivity index (χ4n) is 1.72. The van der Waals surface area contributed by atoms with Crippen molar-refractivity contribution in [1.29, 1.82) is 0 Å². The van der Waals surface area contributed by atoms with Crippen LogP contribution in [0.1, 0.15) is 19.8 Å². The van der Waals surface area contributed by atoms with Crippen molar-refractivity contribution >= 4 is 5.91 Å². The maximum absolute atomic E-state index is 11.3. The van der Waals surface area contributed by atoms with E-state index in [0.29, 0.717) is 12.5 Å². The molecule has 3 heteroatoms. The summed E-state index contributed by atoms with van der Waals surface area (Å²) in [5.41, 5.74) is 0. The lowest BCUT2D eigenvalue weighted by Crippen LogP contribution is -2.40. The number of nitrogens with one attached hydrogen (secondary N) is 1. The number of hydrogen-bond acceptors (Lipinski definition) is 2. The highest BCUT2D eigenvalue weighted by atomic mass is 16.5. The van der Waals surface area contributed by atoms with Gasteiger partial charge in [0.05, 0.1) is 0 Å². The highest BCUT2D eigenvalue weighted by Gasteiger charge is 2.26. The molecule has 1 aliphatic heterocycles. The molecule has 1 amide bonds. The van der Waals surface area contributed by atoms with Gasteiger partial charge in [0.1, 0.15) is 0 Å².